The average molecular weight is 245 g/mol. The van der Waals surface area contributed by atoms with E-state index in [4.69, 9.17) is 0 Å². The Balaban J connectivity index is 4.43. The second-order valence-electron chi connectivity index (χ2n) is 2.51. The molecule has 0 bridgehead atoms. The quantitative estimate of drug-likeness (QED) is 0.541. The van der Waals surface area contributed by atoms with Crippen LogP contribution in [0.2, 0.25) is 0 Å². The van der Waals surface area contributed by atoms with Crippen LogP contribution in [-0.4, -0.2) is 38.0 Å². The number of allylic oxidation sites excluding steroid dienone is 1. The highest BCUT2D eigenvalue weighted by Gasteiger charge is 1.87. The lowest BCUT2D eigenvalue weighted by Crippen LogP contribution is -2.08. The molecule has 0 rings (SSSR count). The first-order chi connectivity index (χ1) is 6.06. The zero-order chi connectivity index (χ0) is 10.3. The lowest BCUT2D eigenvalue weighted by atomic mass is 10.7. The van der Waals surface area contributed by atoms with E-state index in [0.717, 1.165) is 4.48 Å². The van der Waals surface area contributed by atoms with Crippen LogP contribution < -0.4 is 0 Å². The molecule has 0 aromatic rings. The van der Waals surface area contributed by atoms with Gasteiger partial charge in [-0.3, -0.25) is 0 Å². The van der Waals surface area contributed by atoms with Crippen LogP contribution in [-0.2, 0) is 0 Å². The summed E-state index contributed by atoms with van der Waals surface area (Å²) >= 11 is 3.24. The van der Waals surface area contributed by atoms with E-state index in [1.807, 2.05) is 21.0 Å². The van der Waals surface area contributed by atoms with Gasteiger partial charge in [0.1, 0.15) is 0 Å². The summed E-state index contributed by atoms with van der Waals surface area (Å²) in [4.78, 5) is 13.4. The number of guanidine groups is 1. The van der Waals surface area contributed by atoms with Gasteiger partial charge < -0.3 is 4.90 Å². The molecule has 0 aromatic carbocycles. The smallest absolute Gasteiger partial charge is 0.250 e. The maximum atomic E-state index is 3.97. The van der Waals surface area contributed by atoms with Crippen LogP contribution in [0.15, 0.2) is 25.7 Å². The topological polar surface area (TPSA) is 40.3 Å². The first-order valence-electron chi connectivity index (χ1n) is 3.63. The molecule has 0 spiro atoms. The van der Waals surface area contributed by atoms with Crippen molar-refractivity contribution in [2.24, 2.45) is 15.0 Å². The molecule has 0 N–H and O–H groups in total. The molecule has 0 atom stereocenters. The number of hydrogen-bond donors (Lipinski definition) is 0. The van der Waals surface area contributed by atoms with Gasteiger partial charge in [0.25, 0.3) is 0 Å². The molecule has 0 aliphatic rings. The van der Waals surface area contributed by atoms with Crippen LogP contribution in [0.1, 0.15) is 6.92 Å². The van der Waals surface area contributed by atoms with E-state index < -0.39 is 0 Å². The summed E-state index contributed by atoms with van der Waals surface area (Å²) in [5, 5.41) is 0. The fraction of sp³-hybridized carbons (Fsp3) is 0.375. The second-order valence-corrected chi connectivity index (χ2v) is 3.76. The molecule has 0 heterocycles. The molecule has 5 heteroatoms. The molecule has 0 aliphatic heterocycles. The van der Waals surface area contributed by atoms with Crippen molar-refractivity contribution >= 4 is 34.9 Å². The summed E-state index contributed by atoms with van der Waals surface area (Å²) in [6, 6.07) is 0. The summed E-state index contributed by atoms with van der Waals surface area (Å²) in [5.41, 5.74) is 0. The van der Waals surface area contributed by atoms with Crippen molar-refractivity contribution in [2.45, 2.75) is 6.92 Å². The first-order valence-corrected chi connectivity index (χ1v) is 4.43. The van der Waals surface area contributed by atoms with E-state index in [2.05, 4.69) is 37.6 Å². The standard InChI is InChI=1S/C8H13BrN4/c1-7(9)5-11-8(10-2)12-6-13(3)4/h5-6H,2H2,1,3-4H3/b7-5+,11-8-,12-6-. The van der Waals surface area contributed by atoms with Crippen molar-refractivity contribution in [3.63, 3.8) is 0 Å². The molecule has 0 saturated heterocycles. The minimum Gasteiger partial charge on any atom is -0.369 e. The zero-order valence-corrected chi connectivity index (χ0v) is 9.61. The van der Waals surface area contributed by atoms with Crippen molar-refractivity contribution in [2.75, 3.05) is 14.1 Å². The number of hydrogen-bond acceptors (Lipinski definition) is 1. The molecule has 72 valence electrons. The molecule has 0 amide bonds. The molecule has 0 saturated carbocycles. The second kappa shape index (κ2) is 6.54. The third-order valence-electron chi connectivity index (χ3n) is 0.903. The minimum atomic E-state index is 0.340. The molecule has 0 radical (unpaired) electrons. The Hall–Kier alpha value is -0.970. The van der Waals surface area contributed by atoms with Crippen LogP contribution in [0.25, 0.3) is 0 Å². The van der Waals surface area contributed by atoms with Gasteiger partial charge in [-0.1, -0.05) is 15.9 Å². The highest BCUT2D eigenvalue weighted by molar-refractivity contribution is 9.11. The van der Waals surface area contributed by atoms with Crippen molar-refractivity contribution < 1.29 is 0 Å². The van der Waals surface area contributed by atoms with Crippen LogP contribution in [0.3, 0.4) is 0 Å². The minimum absolute atomic E-state index is 0.340. The van der Waals surface area contributed by atoms with E-state index in [0.29, 0.717) is 5.96 Å². The Bertz CT molecular complexity index is 249. The van der Waals surface area contributed by atoms with Gasteiger partial charge in [0.2, 0.25) is 5.96 Å². The first kappa shape index (κ1) is 12.0. The van der Waals surface area contributed by atoms with Crippen LogP contribution in [0.4, 0.5) is 0 Å². The van der Waals surface area contributed by atoms with E-state index in [1.165, 1.54) is 0 Å². The zero-order valence-electron chi connectivity index (χ0n) is 8.03. The Morgan fingerprint density at radius 3 is 2.46 bits per heavy atom. The Labute approximate surface area is 86.9 Å². The predicted molar refractivity (Wildman–Crippen MR) is 61.8 cm³/mol. The summed E-state index contributed by atoms with van der Waals surface area (Å²) in [5.74, 6) is 0.340. The largest absolute Gasteiger partial charge is 0.369 e. The lowest BCUT2D eigenvalue weighted by molar-refractivity contribution is 0.644. The number of aliphatic imine (C=N–C) groups is 3. The Morgan fingerprint density at radius 2 is 2.08 bits per heavy atom. The summed E-state index contributed by atoms with van der Waals surface area (Å²) < 4.78 is 0.911. The van der Waals surface area contributed by atoms with Crippen LogP contribution in [0, 0.1) is 0 Å². The van der Waals surface area contributed by atoms with Gasteiger partial charge in [-0.15, -0.1) is 0 Å². The van der Waals surface area contributed by atoms with Crippen molar-refractivity contribution in [3.05, 3.63) is 10.7 Å². The highest BCUT2D eigenvalue weighted by atomic mass is 79.9. The Kier molecular flexibility index (Phi) is 6.05. The highest BCUT2D eigenvalue weighted by Crippen LogP contribution is 2.01. The lowest BCUT2D eigenvalue weighted by Gasteiger charge is -2.00. The summed E-state index contributed by atoms with van der Waals surface area (Å²) in [6.45, 7) is 5.23. The normalized spacial score (nSPS) is 13.5. The fourth-order valence-corrected chi connectivity index (χ4v) is 0.531. The average Bonchev–Trinajstić information content (AvgIpc) is 2.04. The molecule has 0 aromatic heterocycles. The van der Waals surface area contributed by atoms with Crippen molar-refractivity contribution in [1.29, 1.82) is 0 Å². The third kappa shape index (κ3) is 7.39. The van der Waals surface area contributed by atoms with Gasteiger partial charge >= 0.3 is 0 Å². The maximum Gasteiger partial charge on any atom is 0.250 e. The molecule has 4 nitrogen and oxygen atoms in total. The molecule has 0 fully saturated rings. The summed E-state index contributed by atoms with van der Waals surface area (Å²) in [6.07, 6.45) is 3.24. The number of halogens is 1. The SMILES string of the molecule is C=NC(/N=C\N(C)C)=N/C=C(\C)Br. The molecule has 13 heavy (non-hydrogen) atoms. The Morgan fingerprint density at radius 1 is 1.46 bits per heavy atom. The predicted octanol–water partition coefficient (Wildman–Crippen LogP) is 1.89. The molecule has 0 aliphatic carbocycles. The molecular formula is C8H13BrN4. The van der Waals surface area contributed by atoms with Gasteiger partial charge in [-0.25, -0.2) is 15.0 Å². The van der Waals surface area contributed by atoms with Crippen LogP contribution >= 0.6 is 15.9 Å². The van der Waals surface area contributed by atoms with Gasteiger partial charge in [-0.05, 0) is 13.6 Å². The number of rotatable bonds is 2. The fourth-order valence-electron chi connectivity index (χ4n) is 0.429. The van der Waals surface area contributed by atoms with E-state index in [1.54, 1.807) is 17.4 Å². The van der Waals surface area contributed by atoms with E-state index in [-0.39, 0.29) is 0 Å². The summed E-state index contributed by atoms with van der Waals surface area (Å²) in [7, 11) is 3.74. The van der Waals surface area contributed by atoms with Gasteiger partial charge in [0.05, 0.1) is 6.34 Å². The molecule has 0 unspecified atom stereocenters. The molecular weight excluding hydrogens is 232 g/mol. The van der Waals surface area contributed by atoms with E-state index in [9.17, 15) is 0 Å². The van der Waals surface area contributed by atoms with Crippen LogP contribution in [0.5, 0.6) is 0 Å². The van der Waals surface area contributed by atoms with Crippen molar-refractivity contribution in [1.82, 2.24) is 4.90 Å². The third-order valence-corrected chi connectivity index (χ3v) is 1.11. The monoisotopic (exact) mass is 244 g/mol. The van der Waals surface area contributed by atoms with Crippen molar-refractivity contribution in [3.8, 4) is 0 Å². The number of nitrogens with zero attached hydrogens (tertiary/aromatic N) is 4. The van der Waals surface area contributed by atoms with Gasteiger partial charge in [0.15, 0.2) is 0 Å². The van der Waals surface area contributed by atoms with Gasteiger partial charge in [0, 0.05) is 24.8 Å². The van der Waals surface area contributed by atoms with E-state index >= 15 is 0 Å². The maximum absolute atomic E-state index is 3.97. The van der Waals surface area contributed by atoms with Gasteiger partial charge in [-0.2, -0.15) is 0 Å².